The molecule has 45 heavy (non-hydrogen) atoms. The van der Waals surface area contributed by atoms with Gasteiger partial charge in [-0.2, -0.15) is 0 Å². The molecule has 2 amide bonds. The molecule has 1 fully saturated rings. The number of amides is 2. The Morgan fingerprint density at radius 3 is 2.60 bits per heavy atom. The summed E-state index contributed by atoms with van der Waals surface area (Å²) in [5.41, 5.74) is 2.12. The molecule has 2 aromatic carbocycles. The highest BCUT2D eigenvalue weighted by molar-refractivity contribution is 7.17. The molecule has 2 heterocycles. The lowest BCUT2D eigenvalue weighted by molar-refractivity contribution is -0.117. The zero-order chi connectivity index (χ0) is 32.7. The first-order valence-electron chi connectivity index (χ1n) is 15.1. The normalized spacial score (nSPS) is 15.4. The second kappa shape index (κ2) is 15.1. The van der Waals surface area contributed by atoms with E-state index in [9.17, 15) is 19.5 Å². The van der Waals surface area contributed by atoms with Gasteiger partial charge in [0.1, 0.15) is 16.5 Å². The molecule has 0 aliphatic carbocycles. The number of aliphatic hydroxyl groups is 1. The van der Waals surface area contributed by atoms with Crippen molar-refractivity contribution in [2.45, 2.75) is 71.6 Å². The Bertz CT molecular complexity index is 1490. The third-order valence-corrected chi connectivity index (χ3v) is 8.63. The van der Waals surface area contributed by atoms with E-state index >= 15 is 0 Å². The van der Waals surface area contributed by atoms with E-state index in [1.54, 1.807) is 58.9 Å². The summed E-state index contributed by atoms with van der Waals surface area (Å²) in [6.07, 6.45) is 0.578. The number of ether oxygens (including phenoxy) is 2. The van der Waals surface area contributed by atoms with Crippen LogP contribution in [0.15, 0.2) is 48.5 Å². The van der Waals surface area contributed by atoms with E-state index in [1.807, 2.05) is 29.2 Å². The third kappa shape index (κ3) is 9.42. The Balaban J connectivity index is 1.38. The highest BCUT2D eigenvalue weighted by Crippen LogP contribution is 2.32. The summed E-state index contributed by atoms with van der Waals surface area (Å²) in [5, 5.41) is 15.0. The van der Waals surface area contributed by atoms with E-state index in [1.165, 1.54) is 16.2 Å². The Morgan fingerprint density at radius 2 is 1.93 bits per heavy atom. The fourth-order valence-corrected chi connectivity index (χ4v) is 6.25. The number of rotatable bonds is 11. The zero-order valence-corrected chi connectivity index (χ0v) is 27.9. The van der Waals surface area contributed by atoms with Gasteiger partial charge in [-0.15, -0.1) is 0 Å². The molecule has 1 aliphatic heterocycles. The van der Waals surface area contributed by atoms with Crippen molar-refractivity contribution in [3.8, 4) is 0 Å². The summed E-state index contributed by atoms with van der Waals surface area (Å²) in [6, 6.07) is 14.0. The van der Waals surface area contributed by atoms with Crippen molar-refractivity contribution in [3.05, 3.63) is 75.3 Å². The first kappa shape index (κ1) is 34.2. The standard InChI is InChI=1S/C33H41ClN4O6S/c1-6-43-30(41)28-21(2)35-31(45-28)38-17-8-11-26(38)29(40)36-25-14-12-22(13-15-25)16-18-37(32(42)44-33(3,4)5)20-27(39)23-9-7-10-24(34)19-23/h7,9-10,12-15,19,26-27,39H,6,8,11,16-18,20H2,1-5H3,(H,36,40)/t26-,27-/m0/s1. The number of aliphatic hydroxyl groups excluding tert-OH is 1. The Morgan fingerprint density at radius 1 is 1.20 bits per heavy atom. The summed E-state index contributed by atoms with van der Waals surface area (Å²) in [6.45, 7) is 10.2. The number of carbonyl (C=O) groups excluding carboxylic acids is 3. The molecule has 0 saturated carbocycles. The topological polar surface area (TPSA) is 121 Å². The minimum Gasteiger partial charge on any atom is -0.462 e. The van der Waals surface area contributed by atoms with Gasteiger partial charge >= 0.3 is 12.1 Å². The number of hydrogen-bond donors (Lipinski definition) is 2. The van der Waals surface area contributed by atoms with Gasteiger partial charge in [0.2, 0.25) is 5.91 Å². The van der Waals surface area contributed by atoms with E-state index in [-0.39, 0.29) is 19.1 Å². The molecule has 10 nitrogen and oxygen atoms in total. The SMILES string of the molecule is CCOC(=O)c1sc(N2CCC[C@H]2C(=O)Nc2ccc(CCN(C[C@H](O)c3cccc(Cl)c3)C(=O)OC(C)(C)C)cc2)nc1C. The molecule has 0 unspecified atom stereocenters. The van der Waals surface area contributed by atoms with Crippen LogP contribution in [0.25, 0.3) is 0 Å². The van der Waals surface area contributed by atoms with Crippen molar-refractivity contribution in [1.29, 1.82) is 0 Å². The molecule has 12 heteroatoms. The predicted octanol–water partition coefficient (Wildman–Crippen LogP) is 6.40. The van der Waals surface area contributed by atoms with Crippen LogP contribution in [0, 0.1) is 6.92 Å². The Labute approximate surface area is 273 Å². The molecule has 0 spiro atoms. The van der Waals surface area contributed by atoms with Crippen LogP contribution in [0.3, 0.4) is 0 Å². The number of nitrogens with zero attached hydrogens (tertiary/aromatic N) is 3. The van der Waals surface area contributed by atoms with Crippen molar-refractivity contribution in [2.24, 2.45) is 0 Å². The lowest BCUT2D eigenvalue weighted by atomic mass is 10.1. The second-order valence-corrected chi connectivity index (χ2v) is 13.3. The number of nitrogens with one attached hydrogen (secondary N) is 1. The highest BCUT2D eigenvalue weighted by atomic mass is 35.5. The molecule has 4 rings (SSSR count). The number of carbonyl (C=O) groups is 3. The number of hydrogen-bond acceptors (Lipinski definition) is 9. The maximum atomic E-state index is 13.3. The quantitative estimate of drug-likeness (QED) is 0.227. The molecule has 1 saturated heterocycles. The van der Waals surface area contributed by atoms with Gasteiger partial charge in [-0.05, 0) is 89.3 Å². The second-order valence-electron chi connectivity index (χ2n) is 11.9. The van der Waals surface area contributed by atoms with Gasteiger partial charge in [0.05, 0.1) is 24.9 Å². The summed E-state index contributed by atoms with van der Waals surface area (Å²) in [5.74, 6) is -0.539. The Hall–Kier alpha value is -3.67. The van der Waals surface area contributed by atoms with Crippen LogP contribution in [0.5, 0.6) is 0 Å². The zero-order valence-electron chi connectivity index (χ0n) is 26.3. The lowest BCUT2D eigenvalue weighted by Gasteiger charge is -2.29. The maximum absolute atomic E-state index is 13.3. The molecular weight excluding hydrogens is 616 g/mol. The van der Waals surface area contributed by atoms with Crippen molar-refractivity contribution in [3.63, 3.8) is 0 Å². The first-order valence-corrected chi connectivity index (χ1v) is 16.3. The van der Waals surface area contributed by atoms with Crippen LogP contribution >= 0.6 is 22.9 Å². The van der Waals surface area contributed by atoms with Gasteiger partial charge in [-0.3, -0.25) is 4.79 Å². The minimum atomic E-state index is -0.936. The van der Waals surface area contributed by atoms with Crippen molar-refractivity contribution >= 4 is 51.7 Å². The molecule has 2 N–H and O–H groups in total. The number of thiazole rings is 1. The van der Waals surface area contributed by atoms with Gasteiger partial charge in [-0.25, -0.2) is 14.6 Å². The van der Waals surface area contributed by atoms with Gasteiger partial charge in [-0.1, -0.05) is 47.2 Å². The summed E-state index contributed by atoms with van der Waals surface area (Å²) < 4.78 is 10.7. The van der Waals surface area contributed by atoms with Crippen LogP contribution in [-0.2, 0) is 20.7 Å². The molecule has 1 aliphatic rings. The fourth-order valence-electron chi connectivity index (χ4n) is 5.02. The van der Waals surface area contributed by atoms with Crippen LogP contribution in [-0.4, -0.2) is 70.8 Å². The number of aryl methyl sites for hydroxylation is 1. The average Bonchev–Trinajstić information content (AvgIpc) is 3.62. The number of anilines is 2. The van der Waals surface area contributed by atoms with Crippen LogP contribution < -0.4 is 10.2 Å². The number of halogens is 1. The maximum Gasteiger partial charge on any atom is 0.410 e. The monoisotopic (exact) mass is 656 g/mol. The molecule has 0 radical (unpaired) electrons. The summed E-state index contributed by atoms with van der Waals surface area (Å²) in [7, 11) is 0. The van der Waals surface area contributed by atoms with E-state index in [4.69, 9.17) is 21.1 Å². The highest BCUT2D eigenvalue weighted by Gasteiger charge is 2.34. The smallest absolute Gasteiger partial charge is 0.410 e. The van der Waals surface area contributed by atoms with Crippen molar-refractivity contribution < 1.29 is 29.0 Å². The van der Waals surface area contributed by atoms with Gasteiger partial charge in [0.25, 0.3) is 0 Å². The van der Waals surface area contributed by atoms with Gasteiger partial charge < -0.3 is 29.7 Å². The molecule has 2 atom stereocenters. The molecule has 3 aromatic rings. The number of benzene rings is 2. The Kier molecular flexibility index (Phi) is 11.5. The summed E-state index contributed by atoms with van der Waals surface area (Å²) >= 11 is 7.35. The van der Waals surface area contributed by atoms with E-state index < -0.39 is 29.8 Å². The van der Waals surface area contributed by atoms with Crippen molar-refractivity contribution in [2.75, 3.05) is 36.5 Å². The van der Waals surface area contributed by atoms with E-state index in [0.29, 0.717) is 57.9 Å². The van der Waals surface area contributed by atoms with E-state index in [0.717, 1.165) is 12.0 Å². The van der Waals surface area contributed by atoms with Crippen LogP contribution in [0.2, 0.25) is 5.02 Å². The van der Waals surface area contributed by atoms with Crippen LogP contribution in [0.1, 0.15) is 73.1 Å². The van der Waals surface area contributed by atoms with Crippen molar-refractivity contribution in [1.82, 2.24) is 9.88 Å². The van der Waals surface area contributed by atoms with Crippen LogP contribution in [0.4, 0.5) is 15.6 Å². The largest absolute Gasteiger partial charge is 0.462 e. The minimum absolute atomic E-state index is 0.0428. The molecule has 0 bridgehead atoms. The fraction of sp³-hybridized carbons (Fsp3) is 0.455. The lowest BCUT2D eigenvalue weighted by Crippen LogP contribution is -2.40. The number of esters is 1. The van der Waals surface area contributed by atoms with Gasteiger partial charge in [0, 0.05) is 23.8 Å². The molecule has 242 valence electrons. The third-order valence-electron chi connectivity index (χ3n) is 7.22. The molecular formula is C33H41ClN4O6S. The van der Waals surface area contributed by atoms with E-state index in [2.05, 4.69) is 10.3 Å². The van der Waals surface area contributed by atoms with Gasteiger partial charge in [0.15, 0.2) is 5.13 Å². The predicted molar refractivity (Wildman–Crippen MR) is 176 cm³/mol. The first-order chi connectivity index (χ1) is 21.3. The summed E-state index contributed by atoms with van der Waals surface area (Å²) in [4.78, 5) is 47.1. The number of aromatic nitrogens is 1. The average molecular weight is 657 g/mol. The molecule has 1 aromatic heterocycles.